The van der Waals surface area contributed by atoms with Gasteiger partial charge in [-0.1, -0.05) is 77.1 Å². The lowest BCUT2D eigenvalue weighted by Crippen LogP contribution is -2.11. The Balaban J connectivity index is 1.84. The average Bonchev–Trinajstić information content (AvgIpc) is 2.74. The Kier molecular flexibility index (Phi) is 10.1. The van der Waals surface area contributed by atoms with Gasteiger partial charge in [0.05, 0.1) is 0 Å². The first-order valence-corrected chi connectivity index (χ1v) is 11.1. The second kappa shape index (κ2) is 12.8. The maximum atomic E-state index is 11.9. The number of hydrogen-bond donors (Lipinski definition) is 0. The van der Waals surface area contributed by atoms with Gasteiger partial charge in [-0.3, -0.25) is 9.59 Å². The highest BCUT2D eigenvalue weighted by Gasteiger charge is 2.10. The summed E-state index contributed by atoms with van der Waals surface area (Å²) < 4.78 is 10.8. The van der Waals surface area contributed by atoms with E-state index in [1.807, 2.05) is 43.3 Å². The minimum Gasteiger partial charge on any atom is -0.427 e. The molecule has 0 fully saturated rings. The molecule has 4 nitrogen and oxygen atoms in total. The van der Waals surface area contributed by atoms with Crippen LogP contribution in [-0.2, 0) is 9.59 Å². The molecule has 162 valence electrons. The lowest BCUT2D eigenvalue weighted by Gasteiger charge is -2.09. The summed E-state index contributed by atoms with van der Waals surface area (Å²) in [6, 6.07) is 14.9. The van der Waals surface area contributed by atoms with E-state index < -0.39 is 0 Å². The normalized spacial score (nSPS) is 11.7. The molecule has 4 heteroatoms. The maximum Gasteiger partial charge on any atom is 0.311 e. The van der Waals surface area contributed by atoms with E-state index in [-0.39, 0.29) is 11.9 Å². The highest BCUT2D eigenvalue weighted by atomic mass is 16.5. The molecular weight excluding hydrogens is 376 g/mol. The maximum absolute atomic E-state index is 11.9. The van der Waals surface area contributed by atoms with Gasteiger partial charge >= 0.3 is 11.9 Å². The van der Waals surface area contributed by atoms with E-state index in [1.165, 1.54) is 19.3 Å². The zero-order chi connectivity index (χ0) is 21.8. The van der Waals surface area contributed by atoms with E-state index >= 15 is 0 Å². The third-order valence-corrected chi connectivity index (χ3v) is 5.20. The molecule has 0 aliphatic carbocycles. The van der Waals surface area contributed by atoms with Crippen LogP contribution >= 0.6 is 0 Å². The van der Waals surface area contributed by atoms with E-state index in [0.29, 0.717) is 30.3 Å². The topological polar surface area (TPSA) is 52.6 Å². The van der Waals surface area contributed by atoms with Crippen LogP contribution in [0.5, 0.6) is 11.5 Å². The highest BCUT2D eigenvalue weighted by molar-refractivity contribution is 5.74. The molecule has 0 amide bonds. The molecule has 30 heavy (non-hydrogen) atoms. The number of esters is 2. The van der Waals surface area contributed by atoms with Crippen LogP contribution in [0.25, 0.3) is 11.1 Å². The lowest BCUT2D eigenvalue weighted by atomic mass is 10.1. The van der Waals surface area contributed by atoms with Crippen LogP contribution in [0.4, 0.5) is 0 Å². The van der Waals surface area contributed by atoms with Crippen LogP contribution in [-0.4, -0.2) is 11.9 Å². The summed E-state index contributed by atoms with van der Waals surface area (Å²) in [6.45, 7) is 6.28. The zero-order valence-electron chi connectivity index (χ0n) is 18.5. The van der Waals surface area contributed by atoms with Crippen LogP contribution < -0.4 is 9.47 Å². The van der Waals surface area contributed by atoms with E-state index in [4.69, 9.17) is 9.47 Å². The number of carbonyl (C=O) groups is 2. The third-order valence-electron chi connectivity index (χ3n) is 5.20. The van der Waals surface area contributed by atoms with E-state index in [9.17, 15) is 9.59 Å². The zero-order valence-corrected chi connectivity index (χ0v) is 18.5. The molecule has 0 N–H and O–H groups in total. The van der Waals surface area contributed by atoms with Crippen molar-refractivity contribution in [2.24, 2.45) is 5.92 Å². The first kappa shape index (κ1) is 23.7. The predicted molar refractivity (Wildman–Crippen MR) is 121 cm³/mol. The van der Waals surface area contributed by atoms with Crippen LogP contribution in [0.15, 0.2) is 48.5 Å². The predicted octanol–water partition coefficient (Wildman–Crippen LogP) is 6.96. The van der Waals surface area contributed by atoms with Crippen molar-refractivity contribution >= 4 is 11.9 Å². The van der Waals surface area contributed by atoms with Gasteiger partial charge in [0, 0.05) is 12.8 Å². The van der Waals surface area contributed by atoms with Gasteiger partial charge in [-0.2, -0.15) is 0 Å². The van der Waals surface area contributed by atoms with Gasteiger partial charge in [0.1, 0.15) is 11.5 Å². The minimum absolute atomic E-state index is 0.178. The van der Waals surface area contributed by atoms with Gasteiger partial charge in [0.15, 0.2) is 0 Å². The quantitative estimate of drug-likeness (QED) is 0.216. The Bertz CT molecular complexity index is 778. The molecule has 0 radical (unpaired) electrons. The van der Waals surface area contributed by atoms with Crippen molar-refractivity contribution in [2.45, 2.75) is 72.1 Å². The number of rotatable bonds is 12. The van der Waals surface area contributed by atoms with Crippen LogP contribution in [0.1, 0.15) is 72.1 Å². The van der Waals surface area contributed by atoms with Gasteiger partial charge in [0.25, 0.3) is 0 Å². The van der Waals surface area contributed by atoms with Crippen molar-refractivity contribution in [1.82, 2.24) is 0 Å². The summed E-state index contributed by atoms with van der Waals surface area (Å²) in [7, 11) is 0. The van der Waals surface area contributed by atoms with Crippen LogP contribution in [0.2, 0.25) is 0 Å². The van der Waals surface area contributed by atoms with E-state index in [1.54, 1.807) is 12.1 Å². The van der Waals surface area contributed by atoms with E-state index in [0.717, 1.165) is 30.4 Å². The summed E-state index contributed by atoms with van der Waals surface area (Å²) in [5.41, 5.74) is 2.01. The molecule has 0 spiro atoms. The fourth-order valence-corrected chi connectivity index (χ4v) is 3.09. The molecule has 0 saturated carbocycles. The number of hydrogen-bond acceptors (Lipinski definition) is 4. The van der Waals surface area contributed by atoms with Gasteiger partial charge in [-0.15, -0.1) is 0 Å². The molecule has 2 aromatic rings. The summed E-state index contributed by atoms with van der Waals surface area (Å²) in [5, 5.41) is 0. The second-order valence-electron chi connectivity index (χ2n) is 7.88. The number of benzene rings is 2. The molecular formula is C26H34O4. The third kappa shape index (κ3) is 8.40. The van der Waals surface area contributed by atoms with Crippen molar-refractivity contribution in [2.75, 3.05) is 0 Å². The van der Waals surface area contributed by atoms with Crippen LogP contribution in [0.3, 0.4) is 0 Å². The molecule has 0 heterocycles. The van der Waals surface area contributed by atoms with Crippen LogP contribution in [0, 0.1) is 5.92 Å². The number of ether oxygens (including phenoxy) is 2. The summed E-state index contributed by atoms with van der Waals surface area (Å²) >= 11 is 0. The molecule has 0 aliphatic rings. The monoisotopic (exact) mass is 410 g/mol. The Morgan fingerprint density at radius 2 is 1.23 bits per heavy atom. The SMILES string of the molecule is CCCCCCCC(=O)Oc1ccc(-c2ccc(OC(=O)CC(C)CC)cc2)cc1. The molecule has 2 aromatic carbocycles. The Labute approximate surface area is 180 Å². The number of unbranched alkanes of at least 4 members (excludes halogenated alkanes) is 4. The van der Waals surface area contributed by atoms with Gasteiger partial charge < -0.3 is 9.47 Å². The molecule has 0 saturated heterocycles. The summed E-state index contributed by atoms with van der Waals surface area (Å²) in [6.07, 6.45) is 7.39. The highest BCUT2D eigenvalue weighted by Crippen LogP contribution is 2.25. The summed E-state index contributed by atoms with van der Waals surface area (Å²) in [4.78, 5) is 23.9. The molecule has 0 bridgehead atoms. The Morgan fingerprint density at radius 3 is 1.73 bits per heavy atom. The Hall–Kier alpha value is -2.62. The van der Waals surface area contributed by atoms with E-state index in [2.05, 4.69) is 13.8 Å². The smallest absolute Gasteiger partial charge is 0.311 e. The van der Waals surface area contributed by atoms with Crippen molar-refractivity contribution < 1.29 is 19.1 Å². The van der Waals surface area contributed by atoms with Gasteiger partial charge in [0.2, 0.25) is 0 Å². The van der Waals surface area contributed by atoms with Crippen molar-refractivity contribution in [3.05, 3.63) is 48.5 Å². The van der Waals surface area contributed by atoms with Gasteiger partial charge in [-0.05, 0) is 47.7 Å². The van der Waals surface area contributed by atoms with Crippen molar-refractivity contribution in [3.63, 3.8) is 0 Å². The lowest BCUT2D eigenvalue weighted by molar-refractivity contribution is -0.136. The second-order valence-corrected chi connectivity index (χ2v) is 7.88. The molecule has 0 aromatic heterocycles. The van der Waals surface area contributed by atoms with Crippen molar-refractivity contribution in [3.8, 4) is 22.6 Å². The average molecular weight is 411 g/mol. The standard InChI is InChI=1S/C26H34O4/c1-4-6-7-8-9-10-25(27)29-23-15-11-21(12-16-23)22-13-17-24(18-14-22)30-26(28)19-20(3)5-2/h11-18,20H,4-10,19H2,1-3H3. The summed E-state index contributed by atoms with van der Waals surface area (Å²) in [5.74, 6) is 1.06. The fourth-order valence-electron chi connectivity index (χ4n) is 3.09. The molecule has 1 unspecified atom stereocenters. The Morgan fingerprint density at radius 1 is 0.733 bits per heavy atom. The minimum atomic E-state index is -0.200. The van der Waals surface area contributed by atoms with Gasteiger partial charge in [-0.25, -0.2) is 0 Å². The first-order chi connectivity index (χ1) is 14.5. The molecule has 0 aliphatic heterocycles. The molecule has 1 atom stereocenters. The largest absolute Gasteiger partial charge is 0.427 e. The fraction of sp³-hybridized carbons (Fsp3) is 0.462. The number of carbonyl (C=O) groups excluding carboxylic acids is 2. The van der Waals surface area contributed by atoms with Crippen molar-refractivity contribution in [1.29, 1.82) is 0 Å². The molecule has 2 rings (SSSR count). The first-order valence-electron chi connectivity index (χ1n) is 11.1.